The van der Waals surface area contributed by atoms with Crippen molar-refractivity contribution in [2.75, 3.05) is 139 Å². The van der Waals surface area contributed by atoms with Gasteiger partial charge in [-0.25, -0.2) is 0 Å². The first-order chi connectivity index (χ1) is 25.7. The van der Waals surface area contributed by atoms with E-state index in [1.807, 2.05) is 0 Å². The molecular formula is C38H70O13S. The fraction of sp³-hybridized carbons (Fsp3) is 0.842. The van der Waals surface area contributed by atoms with Gasteiger partial charge >= 0.3 is 0 Å². The standard InChI is InChI=1S/C38H70O13S/c1-2-3-4-5-6-7-8-9-10-14-17-41-18-19-42-20-21-43-22-23-44-24-25-45-26-27-46-28-29-47-30-31-48-32-33-49-34-35-50-36-37-51-52(39,40)38-15-12-11-13-16-38/h11-13,15-16H,2-10,14,17-37H2,1H3. The largest absolute Gasteiger partial charge is 0.379 e. The molecule has 1 rings (SSSR count). The van der Waals surface area contributed by atoms with Crippen LogP contribution in [0, 0.1) is 0 Å². The Morgan fingerprint density at radius 2 is 0.615 bits per heavy atom. The van der Waals surface area contributed by atoms with Crippen LogP contribution in [0.5, 0.6) is 0 Å². The van der Waals surface area contributed by atoms with Crippen LogP contribution in [0.15, 0.2) is 35.2 Å². The highest BCUT2D eigenvalue weighted by atomic mass is 32.2. The minimum absolute atomic E-state index is 0.0558. The molecule has 0 N–H and O–H groups in total. The minimum atomic E-state index is -3.76. The van der Waals surface area contributed by atoms with Crippen molar-refractivity contribution >= 4 is 10.1 Å². The van der Waals surface area contributed by atoms with Crippen LogP contribution < -0.4 is 0 Å². The second-order valence-corrected chi connectivity index (χ2v) is 13.5. The van der Waals surface area contributed by atoms with Crippen molar-refractivity contribution in [1.82, 2.24) is 0 Å². The van der Waals surface area contributed by atoms with Crippen molar-refractivity contribution < 1.29 is 60.0 Å². The van der Waals surface area contributed by atoms with E-state index in [1.54, 1.807) is 18.2 Å². The Bertz CT molecular complexity index is 940. The van der Waals surface area contributed by atoms with Crippen molar-refractivity contribution in [2.45, 2.75) is 76.0 Å². The molecule has 1 aromatic rings. The monoisotopic (exact) mass is 766 g/mol. The van der Waals surface area contributed by atoms with Gasteiger partial charge in [-0.3, -0.25) is 4.18 Å². The summed E-state index contributed by atoms with van der Waals surface area (Å²) in [6.45, 7) is 12.1. The van der Waals surface area contributed by atoms with Gasteiger partial charge in [0, 0.05) is 6.61 Å². The Morgan fingerprint density at radius 1 is 0.346 bits per heavy atom. The van der Waals surface area contributed by atoms with Gasteiger partial charge in [0.25, 0.3) is 10.1 Å². The second-order valence-electron chi connectivity index (χ2n) is 11.9. The molecule has 0 fully saturated rings. The van der Waals surface area contributed by atoms with E-state index in [1.165, 1.54) is 69.9 Å². The molecule has 52 heavy (non-hydrogen) atoms. The molecule has 0 aliphatic carbocycles. The van der Waals surface area contributed by atoms with Crippen molar-refractivity contribution in [3.05, 3.63) is 30.3 Å². The van der Waals surface area contributed by atoms with Crippen LogP contribution in [0.2, 0.25) is 0 Å². The molecule has 1 aromatic carbocycles. The van der Waals surface area contributed by atoms with Gasteiger partial charge in [0.05, 0.1) is 137 Å². The van der Waals surface area contributed by atoms with Crippen molar-refractivity contribution in [3.63, 3.8) is 0 Å². The highest BCUT2D eigenvalue weighted by Crippen LogP contribution is 2.11. The van der Waals surface area contributed by atoms with Crippen molar-refractivity contribution in [3.8, 4) is 0 Å². The van der Waals surface area contributed by atoms with E-state index in [0.717, 1.165) is 13.0 Å². The summed E-state index contributed by atoms with van der Waals surface area (Å²) in [4.78, 5) is 0.123. The molecule has 0 saturated heterocycles. The van der Waals surface area contributed by atoms with Crippen LogP contribution in [0.1, 0.15) is 71.1 Å². The van der Waals surface area contributed by atoms with Crippen molar-refractivity contribution in [2.24, 2.45) is 0 Å². The van der Waals surface area contributed by atoms with Crippen molar-refractivity contribution in [1.29, 1.82) is 0 Å². The smallest absolute Gasteiger partial charge is 0.297 e. The van der Waals surface area contributed by atoms with Crippen LogP contribution in [-0.2, 0) is 61.7 Å². The Balaban J connectivity index is 1.64. The lowest BCUT2D eigenvalue weighted by Crippen LogP contribution is -2.15. The van der Waals surface area contributed by atoms with Crippen LogP contribution in [0.3, 0.4) is 0 Å². The third kappa shape index (κ3) is 34.5. The predicted octanol–water partition coefficient (Wildman–Crippen LogP) is 5.48. The maximum Gasteiger partial charge on any atom is 0.297 e. The lowest BCUT2D eigenvalue weighted by atomic mass is 10.1. The van der Waals surface area contributed by atoms with E-state index < -0.39 is 10.1 Å². The van der Waals surface area contributed by atoms with E-state index in [4.69, 9.17) is 51.6 Å². The highest BCUT2D eigenvalue weighted by molar-refractivity contribution is 7.86. The molecule has 0 heterocycles. The number of unbranched alkanes of at least 4 members (excludes halogenated alkanes) is 9. The first kappa shape index (κ1) is 48.7. The van der Waals surface area contributed by atoms with E-state index in [0.29, 0.717) is 119 Å². The fourth-order valence-corrected chi connectivity index (χ4v) is 5.54. The number of benzene rings is 1. The summed E-state index contributed by atoms with van der Waals surface area (Å²) in [5, 5.41) is 0. The van der Waals surface area contributed by atoms with Gasteiger partial charge in [0.2, 0.25) is 0 Å². The zero-order valence-electron chi connectivity index (χ0n) is 32.0. The maximum absolute atomic E-state index is 12.0. The number of rotatable bonds is 43. The molecule has 0 atom stereocenters. The van der Waals surface area contributed by atoms with Gasteiger partial charge in [-0.15, -0.1) is 0 Å². The Morgan fingerprint density at radius 3 is 0.942 bits per heavy atom. The molecule has 306 valence electrons. The molecule has 0 spiro atoms. The third-order valence-corrected chi connectivity index (χ3v) is 8.81. The molecule has 0 amide bonds. The quantitative estimate of drug-likeness (QED) is 0.0614. The zero-order valence-corrected chi connectivity index (χ0v) is 32.8. The average molecular weight is 767 g/mol. The first-order valence-corrected chi connectivity index (χ1v) is 20.8. The minimum Gasteiger partial charge on any atom is -0.379 e. The predicted molar refractivity (Wildman–Crippen MR) is 200 cm³/mol. The molecule has 0 saturated carbocycles. The summed E-state index contributed by atoms with van der Waals surface area (Å²) >= 11 is 0. The molecule has 0 aromatic heterocycles. The normalized spacial score (nSPS) is 11.9. The summed E-state index contributed by atoms with van der Waals surface area (Å²) in [5.74, 6) is 0. The van der Waals surface area contributed by atoms with Gasteiger partial charge in [0.15, 0.2) is 0 Å². The van der Waals surface area contributed by atoms with Gasteiger partial charge in [-0.05, 0) is 18.6 Å². The van der Waals surface area contributed by atoms with E-state index >= 15 is 0 Å². The summed E-state index contributed by atoms with van der Waals surface area (Å²) in [7, 11) is -3.76. The second kappa shape index (κ2) is 39.4. The molecular weight excluding hydrogens is 696 g/mol. The highest BCUT2D eigenvalue weighted by Gasteiger charge is 2.13. The molecule has 0 radical (unpaired) electrons. The average Bonchev–Trinajstić information content (AvgIpc) is 3.15. The molecule has 0 aliphatic heterocycles. The van der Waals surface area contributed by atoms with Gasteiger partial charge in [-0.2, -0.15) is 8.42 Å². The SMILES string of the molecule is CCCCCCCCCCCCOCCOCCOCCOCCOCCOCCOCCOCCOCCOCCOS(=O)(=O)c1ccccc1. The molecule has 0 bridgehead atoms. The van der Waals surface area contributed by atoms with E-state index in [9.17, 15) is 8.42 Å². The lowest BCUT2D eigenvalue weighted by Gasteiger charge is -2.09. The summed E-state index contributed by atoms with van der Waals surface area (Å²) in [6, 6.07) is 7.99. The maximum atomic E-state index is 12.0. The fourth-order valence-electron chi connectivity index (χ4n) is 4.63. The van der Waals surface area contributed by atoms with Crippen LogP contribution in [0.25, 0.3) is 0 Å². The van der Waals surface area contributed by atoms with E-state index in [2.05, 4.69) is 6.92 Å². The van der Waals surface area contributed by atoms with Gasteiger partial charge in [-0.1, -0.05) is 82.9 Å². The summed E-state index contributed by atoms with van der Waals surface area (Å²) in [6.07, 6.45) is 13.4. The Kier molecular flexibility index (Phi) is 37.0. The number of ether oxygens (including phenoxy) is 10. The zero-order chi connectivity index (χ0) is 37.3. The molecule has 13 nitrogen and oxygen atoms in total. The van der Waals surface area contributed by atoms with Crippen LogP contribution in [0.4, 0.5) is 0 Å². The number of hydrogen-bond acceptors (Lipinski definition) is 13. The first-order valence-electron chi connectivity index (χ1n) is 19.4. The molecule has 0 aliphatic rings. The number of hydrogen-bond donors (Lipinski definition) is 0. The Hall–Kier alpha value is -1.27. The van der Waals surface area contributed by atoms with Gasteiger partial charge in [0.1, 0.15) is 0 Å². The summed E-state index contributed by atoms with van der Waals surface area (Å²) in [5.41, 5.74) is 0. The molecule has 0 unspecified atom stereocenters. The van der Waals surface area contributed by atoms with E-state index in [-0.39, 0.29) is 18.1 Å². The topological polar surface area (TPSA) is 136 Å². The Labute approximate surface area is 314 Å². The summed E-state index contributed by atoms with van der Waals surface area (Å²) < 4.78 is 83.8. The molecule has 14 heteroatoms. The van der Waals surface area contributed by atoms with Gasteiger partial charge < -0.3 is 47.4 Å². The third-order valence-electron chi connectivity index (χ3n) is 7.49. The lowest BCUT2D eigenvalue weighted by molar-refractivity contribution is -0.0267. The van der Waals surface area contributed by atoms with Crippen LogP contribution >= 0.6 is 0 Å². The van der Waals surface area contributed by atoms with Crippen LogP contribution in [-0.4, -0.2) is 147 Å².